The first-order valence-electron chi connectivity index (χ1n) is 19.1. The Morgan fingerprint density at radius 3 is 0.397 bits per heavy atom. The van der Waals surface area contributed by atoms with Crippen LogP contribution in [-0.4, -0.2) is 11.8 Å². The van der Waals surface area contributed by atoms with Gasteiger partial charge in [-0.05, 0) is 0 Å². The largest absolute Gasteiger partial charge is 0.313 e. The van der Waals surface area contributed by atoms with E-state index in [2.05, 4.69) is 0 Å². The number of benzene rings is 8. The Labute approximate surface area is 342 Å². The van der Waals surface area contributed by atoms with E-state index in [1.165, 1.54) is 0 Å². The smallest absolute Gasteiger partial charge is 0.150 e. The van der Waals surface area contributed by atoms with E-state index in [1.54, 1.807) is 0 Å². The van der Waals surface area contributed by atoms with Crippen LogP contribution in [0.2, 0.25) is 0 Å². The second kappa shape index (κ2) is 18.5. The third-order valence-corrected chi connectivity index (χ3v) is 25.6. The number of hydrogen-bond acceptors (Lipinski definition) is 4. The average Bonchev–Trinajstić information content (AvgIpc) is 3.31. The van der Waals surface area contributed by atoms with Crippen LogP contribution in [0.3, 0.4) is 0 Å². The van der Waals surface area contributed by atoms with Crippen LogP contribution in [0.15, 0.2) is 243 Å². The van der Waals surface area contributed by atoms with Gasteiger partial charge >= 0.3 is 0 Å². The van der Waals surface area contributed by atoms with E-state index >= 15 is 0 Å². The molecule has 0 saturated carbocycles. The van der Waals surface area contributed by atoms with Gasteiger partial charge < -0.3 is 18.3 Å². The summed E-state index contributed by atoms with van der Waals surface area (Å²) < 4.78 is 58.4. The van der Waals surface area contributed by atoms with Crippen molar-refractivity contribution in [2.45, 2.75) is 0 Å². The molecular weight excluding hydrogens is 788 g/mol. The van der Waals surface area contributed by atoms with Gasteiger partial charge in [0.2, 0.25) is 0 Å². The van der Waals surface area contributed by atoms with Gasteiger partial charge in [0.1, 0.15) is 0 Å². The summed E-state index contributed by atoms with van der Waals surface area (Å²) >= 11 is 0. The van der Waals surface area contributed by atoms with Gasteiger partial charge in [-0.1, -0.05) is 243 Å². The molecule has 0 fully saturated rings. The second-order valence-electron chi connectivity index (χ2n) is 13.9. The fourth-order valence-corrected chi connectivity index (χ4v) is 23.3. The van der Waals surface area contributed by atoms with Gasteiger partial charge in [-0.2, -0.15) is 0 Å². The molecule has 8 aromatic rings. The first kappa shape index (κ1) is 40.9. The molecule has 0 aliphatic rings. The van der Waals surface area contributed by atoms with Crippen molar-refractivity contribution in [2.75, 3.05) is 11.8 Å². The van der Waals surface area contributed by atoms with Crippen LogP contribution in [0.4, 0.5) is 0 Å². The maximum atomic E-state index is 14.6. The van der Waals surface area contributed by atoms with Crippen LogP contribution in [0, 0.1) is 0 Å². The highest BCUT2D eigenvalue weighted by Crippen LogP contribution is 2.60. The van der Waals surface area contributed by atoms with Crippen molar-refractivity contribution < 1.29 is 18.3 Å². The Balaban J connectivity index is 0.000000177. The Morgan fingerprint density at radius 1 is 0.190 bits per heavy atom. The molecule has 0 radical (unpaired) electrons. The predicted molar refractivity (Wildman–Crippen MR) is 249 cm³/mol. The first-order chi connectivity index (χ1) is 28.3. The van der Waals surface area contributed by atoms with Gasteiger partial charge in [-0.3, -0.25) is 0 Å². The molecule has 0 atom stereocenters. The van der Waals surface area contributed by atoms with Crippen LogP contribution < -0.4 is 42.4 Å². The zero-order valence-electron chi connectivity index (χ0n) is 31.9. The predicted octanol–water partition coefficient (Wildman–Crippen LogP) is 9.94. The molecule has 0 aliphatic carbocycles. The van der Waals surface area contributed by atoms with Crippen LogP contribution in [0.25, 0.3) is 0 Å². The highest BCUT2D eigenvalue weighted by Gasteiger charge is 2.40. The molecule has 8 aromatic carbocycles. The van der Waals surface area contributed by atoms with E-state index in [-0.39, 0.29) is 11.8 Å². The molecule has 0 amide bonds. The fourth-order valence-electron chi connectivity index (χ4n) is 7.16. The lowest BCUT2D eigenvalue weighted by molar-refractivity contribution is 0.580. The van der Waals surface area contributed by atoms with E-state index < -0.39 is 28.6 Å². The van der Waals surface area contributed by atoms with Crippen molar-refractivity contribution in [3.8, 4) is 0 Å². The summed E-state index contributed by atoms with van der Waals surface area (Å²) in [4.78, 5) is 0. The van der Waals surface area contributed by atoms with E-state index in [1.807, 2.05) is 243 Å². The fraction of sp³-hybridized carbons (Fsp3) is 0.0400. The molecule has 58 heavy (non-hydrogen) atoms. The lowest BCUT2D eigenvalue weighted by atomic mass is 10.4. The summed E-state index contributed by atoms with van der Waals surface area (Å²) in [5.74, 6) is 0.171. The summed E-state index contributed by atoms with van der Waals surface area (Å²) in [7, 11) is -12.6. The molecule has 0 saturated heterocycles. The summed E-state index contributed by atoms with van der Waals surface area (Å²) in [6.07, 6.45) is 0. The molecule has 0 N–H and O–H groups in total. The SMILES string of the molecule is O=P(CP(=O)(c1ccccc1)c1ccccc1)(c1ccccc1)c1ccccc1.O=P(CP(=O)(c1ccccc1)c1ccccc1)(c1ccccc1)c1ccccc1. The van der Waals surface area contributed by atoms with Crippen LogP contribution in [0.1, 0.15) is 0 Å². The third kappa shape index (κ3) is 8.88. The lowest BCUT2D eigenvalue weighted by Gasteiger charge is -2.26. The quantitative estimate of drug-likeness (QED) is 0.115. The van der Waals surface area contributed by atoms with Crippen molar-refractivity contribution in [3.63, 3.8) is 0 Å². The number of rotatable bonds is 12. The van der Waals surface area contributed by atoms with E-state index in [0.717, 1.165) is 42.4 Å². The topological polar surface area (TPSA) is 68.3 Å². The molecule has 4 nitrogen and oxygen atoms in total. The standard InChI is InChI=1S/2C25H22O2P2/c2*26-28(22-13-5-1-6-14-22,23-15-7-2-8-16-23)21-29(27,24-17-9-3-10-18-24)25-19-11-4-12-20-25/h2*1-20H,21H2. The molecule has 0 heterocycles. The van der Waals surface area contributed by atoms with Gasteiger partial charge in [-0.25, -0.2) is 0 Å². The Kier molecular flexibility index (Phi) is 13.0. The lowest BCUT2D eigenvalue weighted by Crippen LogP contribution is -2.25. The zero-order valence-corrected chi connectivity index (χ0v) is 35.5. The van der Waals surface area contributed by atoms with Crippen molar-refractivity contribution >= 4 is 71.0 Å². The normalized spacial score (nSPS) is 11.9. The van der Waals surface area contributed by atoms with Gasteiger partial charge in [0.25, 0.3) is 0 Å². The van der Waals surface area contributed by atoms with E-state index in [4.69, 9.17) is 0 Å². The van der Waals surface area contributed by atoms with Gasteiger partial charge in [0.15, 0.2) is 28.6 Å². The van der Waals surface area contributed by atoms with Crippen molar-refractivity contribution in [2.24, 2.45) is 0 Å². The molecule has 8 rings (SSSR count). The van der Waals surface area contributed by atoms with Crippen LogP contribution in [-0.2, 0) is 18.3 Å². The third-order valence-electron chi connectivity index (χ3n) is 10.2. The highest BCUT2D eigenvalue weighted by molar-refractivity contribution is 7.94. The zero-order chi connectivity index (χ0) is 40.3. The first-order valence-corrected chi connectivity index (χ1v) is 26.6. The minimum Gasteiger partial charge on any atom is -0.313 e. The van der Waals surface area contributed by atoms with Crippen molar-refractivity contribution in [1.29, 1.82) is 0 Å². The van der Waals surface area contributed by atoms with Crippen molar-refractivity contribution in [3.05, 3.63) is 243 Å². The maximum Gasteiger partial charge on any atom is 0.150 e. The van der Waals surface area contributed by atoms with Gasteiger partial charge in [0, 0.05) is 42.4 Å². The van der Waals surface area contributed by atoms with E-state index in [9.17, 15) is 18.3 Å². The van der Waals surface area contributed by atoms with Crippen LogP contribution in [0.5, 0.6) is 0 Å². The number of hydrogen-bond donors (Lipinski definition) is 0. The van der Waals surface area contributed by atoms with Crippen LogP contribution >= 0.6 is 28.6 Å². The molecule has 0 unspecified atom stereocenters. The molecule has 0 bridgehead atoms. The highest BCUT2D eigenvalue weighted by atomic mass is 31.2. The Morgan fingerprint density at radius 2 is 0.293 bits per heavy atom. The second-order valence-corrected chi connectivity index (χ2v) is 26.2. The molecule has 288 valence electrons. The summed E-state index contributed by atoms with van der Waals surface area (Å²) in [5.41, 5.74) is 0. The minimum absolute atomic E-state index is 0.0854. The van der Waals surface area contributed by atoms with E-state index in [0.29, 0.717) is 0 Å². The Hall–Kier alpha value is -5.32. The molecule has 8 heteroatoms. The van der Waals surface area contributed by atoms with Gasteiger partial charge in [0.05, 0.1) is 11.8 Å². The van der Waals surface area contributed by atoms with Crippen molar-refractivity contribution in [1.82, 2.24) is 0 Å². The summed E-state index contributed by atoms with van der Waals surface area (Å²) in [6.45, 7) is 0. The molecule has 0 spiro atoms. The molecular formula is C50H44O4P4. The minimum atomic E-state index is -3.14. The maximum absolute atomic E-state index is 14.6. The summed E-state index contributed by atoms with van der Waals surface area (Å²) in [5, 5.41) is 5.88. The average molecular weight is 833 g/mol. The molecule has 0 aromatic heterocycles. The molecule has 0 aliphatic heterocycles. The van der Waals surface area contributed by atoms with Gasteiger partial charge in [-0.15, -0.1) is 0 Å². The monoisotopic (exact) mass is 832 g/mol. The Bertz CT molecular complexity index is 2150. The summed E-state index contributed by atoms with van der Waals surface area (Å²) in [6, 6.07) is 75.6.